The predicted octanol–water partition coefficient (Wildman–Crippen LogP) is 3.43. The Kier molecular flexibility index (Phi) is 7.69. The number of carbonyl (C=O) groups excluding carboxylic acids is 1. The number of carbonyl (C=O) groups is 2. The summed E-state index contributed by atoms with van der Waals surface area (Å²) in [6, 6.07) is 14.7. The number of aliphatic carboxylic acids is 1. The Bertz CT molecular complexity index is 660. The summed E-state index contributed by atoms with van der Waals surface area (Å²) in [7, 11) is 0. The molecular weight excluding hydrogens is 302 g/mol. The van der Waals surface area contributed by atoms with Crippen LogP contribution < -0.4 is 5.32 Å². The molecule has 1 amide bonds. The van der Waals surface area contributed by atoms with Crippen molar-refractivity contribution in [2.24, 2.45) is 0 Å². The number of nitrogens with one attached hydrogen (secondary N) is 1. The molecule has 0 spiro atoms. The summed E-state index contributed by atoms with van der Waals surface area (Å²) in [5, 5.41) is 11.3. The van der Waals surface area contributed by atoms with Crippen LogP contribution in [0.25, 0.3) is 0 Å². The van der Waals surface area contributed by atoms with E-state index in [-0.39, 0.29) is 5.91 Å². The summed E-state index contributed by atoms with van der Waals surface area (Å²) in [5.41, 5.74) is 5.07. The number of rotatable bonds is 4. The third-order valence-electron chi connectivity index (χ3n) is 3.83. The Balaban J connectivity index is 0.000000272. The van der Waals surface area contributed by atoms with E-state index >= 15 is 0 Å². The normalized spacial score (nSPS) is 11.0. The standard InChI is InChI=1S/C11H13NO3.C9H12/c1-8(13)12-10(11(14)15)7-9-5-3-2-4-6-9;1-7-5-4-6-8(2)9(7)3/h2-6,10H,7H2,1H3,(H,12,13)(H,14,15);4-6H,1-3H3. The van der Waals surface area contributed by atoms with Crippen molar-refractivity contribution >= 4 is 11.9 Å². The summed E-state index contributed by atoms with van der Waals surface area (Å²) >= 11 is 0. The minimum absolute atomic E-state index is 0.301. The van der Waals surface area contributed by atoms with E-state index in [1.54, 1.807) is 0 Å². The number of carboxylic acids is 1. The average molecular weight is 327 g/mol. The van der Waals surface area contributed by atoms with E-state index in [0.29, 0.717) is 6.42 Å². The molecule has 0 heterocycles. The monoisotopic (exact) mass is 327 g/mol. The highest BCUT2D eigenvalue weighted by molar-refractivity contribution is 5.82. The fraction of sp³-hybridized carbons (Fsp3) is 0.300. The Morgan fingerprint density at radius 2 is 1.50 bits per heavy atom. The molecule has 2 N–H and O–H groups in total. The molecular formula is C20H25NO3. The van der Waals surface area contributed by atoms with E-state index in [2.05, 4.69) is 44.3 Å². The smallest absolute Gasteiger partial charge is 0.326 e. The van der Waals surface area contributed by atoms with Gasteiger partial charge in [-0.15, -0.1) is 0 Å². The van der Waals surface area contributed by atoms with Crippen molar-refractivity contribution in [2.45, 2.75) is 40.2 Å². The van der Waals surface area contributed by atoms with Crippen LogP contribution >= 0.6 is 0 Å². The average Bonchev–Trinajstić information content (AvgIpc) is 2.53. The maximum Gasteiger partial charge on any atom is 0.326 e. The molecule has 2 aromatic carbocycles. The van der Waals surface area contributed by atoms with Gasteiger partial charge in [0, 0.05) is 13.3 Å². The first-order chi connectivity index (χ1) is 11.3. The second kappa shape index (κ2) is 9.50. The van der Waals surface area contributed by atoms with Gasteiger partial charge in [-0.05, 0) is 43.0 Å². The zero-order valence-corrected chi connectivity index (χ0v) is 14.7. The van der Waals surface area contributed by atoms with Gasteiger partial charge in [-0.25, -0.2) is 4.79 Å². The molecule has 128 valence electrons. The first-order valence-electron chi connectivity index (χ1n) is 7.88. The molecule has 0 fully saturated rings. The van der Waals surface area contributed by atoms with Gasteiger partial charge in [0.05, 0.1) is 0 Å². The molecule has 1 atom stereocenters. The Hall–Kier alpha value is -2.62. The summed E-state index contributed by atoms with van der Waals surface area (Å²) in [4.78, 5) is 21.6. The van der Waals surface area contributed by atoms with Crippen molar-refractivity contribution < 1.29 is 14.7 Å². The van der Waals surface area contributed by atoms with Crippen LogP contribution in [0.4, 0.5) is 0 Å². The molecule has 2 rings (SSSR count). The lowest BCUT2D eigenvalue weighted by molar-refractivity contribution is -0.141. The van der Waals surface area contributed by atoms with E-state index in [4.69, 9.17) is 5.11 Å². The summed E-state index contributed by atoms with van der Waals surface area (Å²) in [6.45, 7) is 7.75. The van der Waals surface area contributed by atoms with Gasteiger partial charge in [0.15, 0.2) is 0 Å². The van der Waals surface area contributed by atoms with Gasteiger partial charge in [-0.3, -0.25) is 4.79 Å². The van der Waals surface area contributed by atoms with Crippen LogP contribution in [-0.4, -0.2) is 23.0 Å². The van der Waals surface area contributed by atoms with Crippen LogP contribution in [0.5, 0.6) is 0 Å². The van der Waals surface area contributed by atoms with Crippen LogP contribution in [0.3, 0.4) is 0 Å². The third-order valence-corrected chi connectivity index (χ3v) is 3.83. The minimum Gasteiger partial charge on any atom is -0.480 e. The number of hydrogen-bond acceptors (Lipinski definition) is 2. The molecule has 0 bridgehead atoms. The van der Waals surface area contributed by atoms with Crippen LogP contribution in [0.1, 0.15) is 29.2 Å². The SMILES string of the molecule is CC(=O)NC(Cc1ccccc1)C(=O)O.Cc1cccc(C)c1C. The Labute approximate surface area is 143 Å². The van der Waals surface area contributed by atoms with E-state index in [1.807, 2.05) is 30.3 Å². The van der Waals surface area contributed by atoms with E-state index in [9.17, 15) is 9.59 Å². The summed E-state index contributed by atoms with van der Waals surface area (Å²) in [6.07, 6.45) is 0.301. The zero-order chi connectivity index (χ0) is 18.1. The molecule has 4 nitrogen and oxygen atoms in total. The zero-order valence-electron chi connectivity index (χ0n) is 14.7. The molecule has 24 heavy (non-hydrogen) atoms. The highest BCUT2D eigenvalue weighted by Crippen LogP contribution is 2.10. The van der Waals surface area contributed by atoms with Crippen molar-refractivity contribution in [3.63, 3.8) is 0 Å². The Morgan fingerprint density at radius 1 is 0.958 bits per heavy atom. The van der Waals surface area contributed by atoms with E-state index in [0.717, 1.165) is 5.56 Å². The summed E-state index contributed by atoms with van der Waals surface area (Å²) < 4.78 is 0. The molecule has 0 aliphatic carbocycles. The lowest BCUT2D eigenvalue weighted by atomic mass is 10.1. The first kappa shape index (κ1) is 19.4. The van der Waals surface area contributed by atoms with Crippen molar-refractivity contribution in [1.82, 2.24) is 5.32 Å². The number of hydrogen-bond donors (Lipinski definition) is 2. The van der Waals surface area contributed by atoms with Crippen molar-refractivity contribution in [3.05, 3.63) is 70.8 Å². The molecule has 0 aliphatic heterocycles. The van der Waals surface area contributed by atoms with Crippen molar-refractivity contribution in [1.29, 1.82) is 0 Å². The fourth-order valence-electron chi connectivity index (χ4n) is 2.19. The Morgan fingerprint density at radius 3 is 1.92 bits per heavy atom. The van der Waals surface area contributed by atoms with Gasteiger partial charge >= 0.3 is 5.97 Å². The lowest BCUT2D eigenvalue weighted by Crippen LogP contribution is -2.41. The third kappa shape index (κ3) is 6.65. The minimum atomic E-state index is -1.02. The highest BCUT2D eigenvalue weighted by Gasteiger charge is 2.18. The van der Waals surface area contributed by atoms with Crippen molar-refractivity contribution in [3.8, 4) is 0 Å². The molecule has 0 aliphatic rings. The highest BCUT2D eigenvalue weighted by atomic mass is 16.4. The van der Waals surface area contributed by atoms with Crippen LogP contribution in [0.15, 0.2) is 48.5 Å². The molecule has 0 saturated carbocycles. The van der Waals surface area contributed by atoms with Gasteiger partial charge in [0.1, 0.15) is 6.04 Å². The van der Waals surface area contributed by atoms with Gasteiger partial charge in [-0.1, -0.05) is 48.5 Å². The second-order valence-corrected chi connectivity index (χ2v) is 5.80. The van der Waals surface area contributed by atoms with E-state index < -0.39 is 12.0 Å². The predicted molar refractivity (Wildman–Crippen MR) is 96.0 cm³/mol. The van der Waals surface area contributed by atoms with Crippen LogP contribution in [-0.2, 0) is 16.0 Å². The number of benzene rings is 2. The van der Waals surface area contributed by atoms with Crippen LogP contribution in [0, 0.1) is 20.8 Å². The van der Waals surface area contributed by atoms with Gasteiger partial charge < -0.3 is 10.4 Å². The number of carboxylic acid groups (broad SMARTS) is 1. The topological polar surface area (TPSA) is 66.4 Å². The van der Waals surface area contributed by atoms with Crippen molar-refractivity contribution in [2.75, 3.05) is 0 Å². The maximum atomic E-state index is 10.8. The second-order valence-electron chi connectivity index (χ2n) is 5.80. The van der Waals surface area contributed by atoms with Gasteiger partial charge in [0.2, 0.25) is 5.91 Å². The van der Waals surface area contributed by atoms with Crippen LogP contribution in [0.2, 0.25) is 0 Å². The molecule has 0 saturated heterocycles. The quantitative estimate of drug-likeness (QED) is 0.904. The number of amides is 1. The fourth-order valence-corrected chi connectivity index (χ4v) is 2.19. The molecule has 0 aromatic heterocycles. The molecule has 0 radical (unpaired) electrons. The maximum absolute atomic E-state index is 10.8. The van der Waals surface area contributed by atoms with E-state index in [1.165, 1.54) is 23.6 Å². The first-order valence-corrected chi connectivity index (χ1v) is 7.88. The molecule has 4 heteroatoms. The molecule has 2 aromatic rings. The lowest BCUT2D eigenvalue weighted by Gasteiger charge is -2.12. The van der Waals surface area contributed by atoms with Gasteiger partial charge in [-0.2, -0.15) is 0 Å². The number of aryl methyl sites for hydroxylation is 2. The summed E-state index contributed by atoms with van der Waals surface area (Å²) in [5.74, 6) is -1.35. The molecule has 1 unspecified atom stereocenters. The largest absolute Gasteiger partial charge is 0.480 e. The van der Waals surface area contributed by atoms with Gasteiger partial charge in [0.25, 0.3) is 0 Å².